The third kappa shape index (κ3) is 5.88. The van der Waals surface area contributed by atoms with Gasteiger partial charge in [0.15, 0.2) is 0 Å². The number of aliphatic carboxylic acids is 1. The van der Waals surface area contributed by atoms with Gasteiger partial charge in [-0.15, -0.1) is 0 Å². The summed E-state index contributed by atoms with van der Waals surface area (Å²) in [5.41, 5.74) is 3.86. The fraction of sp³-hybridized carbons (Fsp3) is 0.407. The van der Waals surface area contributed by atoms with Crippen LogP contribution in [0.1, 0.15) is 44.7 Å². The smallest absolute Gasteiger partial charge is 0.410 e. The third-order valence-electron chi connectivity index (χ3n) is 6.24. The lowest BCUT2D eigenvalue weighted by Crippen LogP contribution is -2.49. The molecule has 1 heterocycles. The number of carboxylic acids is 1. The van der Waals surface area contributed by atoms with Gasteiger partial charge in [0.2, 0.25) is 5.82 Å². The highest BCUT2D eigenvalue weighted by atomic mass is 16.6. The van der Waals surface area contributed by atoms with Gasteiger partial charge in [-0.1, -0.05) is 55.4 Å². The monoisotopic (exact) mass is 477 g/mol. The number of carboxylic acid groups (broad SMARTS) is 1. The minimum Gasteiger partial charge on any atom is -0.481 e. The molecule has 0 bridgehead atoms. The number of nitrogens with zero attached hydrogens (tertiary/aromatic N) is 3. The molecule has 1 aliphatic carbocycles. The molecule has 2 aromatic carbocycles. The first-order valence-electron chi connectivity index (χ1n) is 12.0. The number of rotatable bonds is 9. The molecule has 8 heteroatoms. The summed E-state index contributed by atoms with van der Waals surface area (Å²) in [5.74, 6) is 0.326. The molecule has 35 heavy (non-hydrogen) atoms. The number of hydrogen-bond donors (Lipinski definition) is 1. The van der Waals surface area contributed by atoms with Crippen LogP contribution in [0.15, 0.2) is 53.1 Å². The lowest BCUT2D eigenvalue weighted by atomic mass is 9.79. The van der Waals surface area contributed by atoms with Gasteiger partial charge in [0.1, 0.15) is 0 Å². The number of hydrogen-bond acceptors (Lipinski definition) is 6. The molecule has 0 atom stereocenters. The van der Waals surface area contributed by atoms with Crippen molar-refractivity contribution in [1.29, 1.82) is 0 Å². The van der Waals surface area contributed by atoms with Gasteiger partial charge in [0, 0.05) is 23.7 Å². The topological polar surface area (TPSA) is 106 Å². The molecule has 8 nitrogen and oxygen atoms in total. The zero-order chi connectivity index (χ0) is 24.9. The summed E-state index contributed by atoms with van der Waals surface area (Å²) in [5, 5.41) is 13.3. The Kier molecular flexibility index (Phi) is 7.48. The summed E-state index contributed by atoms with van der Waals surface area (Å²) < 4.78 is 10.7. The van der Waals surface area contributed by atoms with Crippen molar-refractivity contribution in [2.24, 2.45) is 11.8 Å². The zero-order valence-electron chi connectivity index (χ0n) is 20.3. The lowest BCUT2D eigenvalue weighted by Gasteiger charge is -2.40. The predicted molar refractivity (Wildman–Crippen MR) is 130 cm³/mol. The van der Waals surface area contributed by atoms with E-state index in [9.17, 15) is 9.59 Å². The van der Waals surface area contributed by atoms with Crippen molar-refractivity contribution in [1.82, 2.24) is 15.0 Å². The van der Waals surface area contributed by atoms with Gasteiger partial charge in [-0.25, -0.2) is 4.79 Å². The predicted octanol–water partition coefficient (Wildman–Crippen LogP) is 5.42. The number of benzene rings is 2. The zero-order valence-corrected chi connectivity index (χ0v) is 20.3. The average Bonchev–Trinajstić information content (AvgIpc) is 3.28. The Morgan fingerprint density at radius 1 is 1.06 bits per heavy atom. The van der Waals surface area contributed by atoms with Crippen molar-refractivity contribution in [2.45, 2.75) is 52.6 Å². The molecule has 1 fully saturated rings. The summed E-state index contributed by atoms with van der Waals surface area (Å²) in [6, 6.07) is 15.6. The maximum absolute atomic E-state index is 12.5. The Bertz CT molecular complexity index is 1150. The first-order chi connectivity index (χ1) is 16.8. The molecule has 1 saturated carbocycles. The van der Waals surface area contributed by atoms with Crippen LogP contribution in [0.2, 0.25) is 0 Å². The Morgan fingerprint density at radius 3 is 2.29 bits per heavy atom. The highest BCUT2D eigenvalue weighted by molar-refractivity contribution is 5.73. The summed E-state index contributed by atoms with van der Waals surface area (Å²) >= 11 is 0. The van der Waals surface area contributed by atoms with Gasteiger partial charge < -0.3 is 19.3 Å². The Labute approximate surface area is 204 Å². The first-order valence-corrected chi connectivity index (χ1v) is 12.0. The quantitative estimate of drug-likeness (QED) is 0.438. The van der Waals surface area contributed by atoms with E-state index in [1.807, 2.05) is 36.4 Å². The highest BCUT2D eigenvalue weighted by Crippen LogP contribution is 2.33. The van der Waals surface area contributed by atoms with Crippen molar-refractivity contribution in [3.8, 4) is 22.8 Å². The molecular weight excluding hydrogens is 446 g/mol. The van der Waals surface area contributed by atoms with Crippen molar-refractivity contribution in [2.75, 3.05) is 6.61 Å². The minimum atomic E-state index is -0.819. The molecule has 1 aliphatic rings. The Morgan fingerprint density at radius 2 is 1.69 bits per heavy atom. The van der Waals surface area contributed by atoms with Gasteiger partial charge in [-0.3, -0.25) is 4.79 Å². The number of aromatic nitrogens is 2. The van der Waals surface area contributed by atoms with Crippen molar-refractivity contribution in [3.05, 3.63) is 59.7 Å². The van der Waals surface area contributed by atoms with E-state index in [2.05, 4.69) is 36.1 Å². The molecule has 3 aromatic rings. The van der Waals surface area contributed by atoms with Crippen LogP contribution >= 0.6 is 0 Å². The van der Waals surface area contributed by atoms with Crippen LogP contribution in [0.5, 0.6) is 0 Å². The average molecular weight is 478 g/mol. The molecule has 0 spiro atoms. The van der Waals surface area contributed by atoms with Gasteiger partial charge in [0.25, 0.3) is 5.89 Å². The molecule has 4 rings (SSSR count). The van der Waals surface area contributed by atoms with Crippen LogP contribution in [0.3, 0.4) is 0 Å². The molecule has 0 unspecified atom stereocenters. The van der Waals surface area contributed by atoms with Crippen molar-refractivity contribution in [3.63, 3.8) is 0 Å². The second-order valence-corrected chi connectivity index (χ2v) is 9.40. The number of carbonyl (C=O) groups is 2. The second kappa shape index (κ2) is 10.7. The SMILES string of the molecule is CCOC(=O)N(Cc1ccc(-c2noc(-c3ccc(CC(C)C)cc3)n2)cc1)C1CC(C(=O)O)C1. The minimum absolute atomic E-state index is 0.137. The molecule has 0 aliphatic heterocycles. The Hall–Kier alpha value is -3.68. The van der Waals surface area contributed by atoms with Crippen LogP contribution < -0.4 is 0 Å². The van der Waals surface area contributed by atoms with Crippen LogP contribution in [0.4, 0.5) is 4.79 Å². The van der Waals surface area contributed by atoms with E-state index in [4.69, 9.17) is 14.4 Å². The fourth-order valence-electron chi connectivity index (χ4n) is 4.26. The lowest BCUT2D eigenvalue weighted by molar-refractivity contribution is -0.146. The van der Waals surface area contributed by atoms with Crippen molar-refractivity contribution >= 4 is 12.1 Å². The van der Waals surface area contributed by atoms with E-state index >= 15 is 0 Å². The van der Waals surface area contributed by atoms with Gasteiger partial charge >= 0.3 is 12.1 Å². The standard InChI is InChI=1S/C27H31N3O5/c1-4-34-27(33)30(23-14-22(15-23)26(31)32)16-19-7-9-20(10-8-19)24-28-25(35-29-24)21-11-5-18(6-12-21)13-17(2)3/h5-12,17,22-23H,4,13-16H2,1-3H3,(H,31,32). The summed E-state index contributed by atoms with van der Waals surface area (Å²) in [6.07, 6.45) is 1.48. The van der Waals surface area contributed by atoms with Crippen molar-refractivity contribution < 1.29 is 24.0 Å². The highest BCUT2D eigenvalue weighted by Gasteiger charge is 2.40. The summed E-state index contributed by atoms with van der Waals surface area (Å²) in [6.45, 7) is 6.75. The second-order valence-electron chi connectivity index (χ2n) is 9.40. The number of amides is 1. The fourth-order valence-corrected chi connectivity index (χ4v) is 4.26. The van der Waals surface area contributed by atoms with Gasteiger partial charge in [0.05, 0.1) is 12.5 Å². The van der Waals surface area contributed by atoms with Crippen LogP contribution in [0.25, 0.3) is 22.8 Å². The van der Waals surface area contributed by atoms with Gasteiger partial charge in [-0.2, -0.15) is 4.98 Å². The molecule has 1 N–H and O–H groups in total. The van der Waals surface area contributed by atoms with E-state index in [0.717, 1.165) is 23.1 Å². The maximum atomic E-state index is 12.5. The normalized spacial score (nSPS) is 17.1. The molecule has 0 saturated heterocycles. The van der Waals surface area contributed by atoms with E-state index in [-0.39, 0.29) is 12.6 Å². The van der Waals surface area contributed by atoms with E-state index in [0.29, 0.717) is 37.0 Å². The molecule has 184 valence electrons. The first kappa shape index (κ1) is 24.4. The molecule has 1 amide bonds. The van der Waals surface area contributed by atoms with Gasteiger partial charge in [-0.05, 0) is 55.4 Å². The molecule has 1 aromatic heterocycles. The van der Waals surface area contributed by atoms with Crippen LogP contribution in [0, 0.1) is 11.8 Å². The molecular formula is C27H31N3O5. The molecule has 0 radical (unpaired) electrons. The number of ether oxygens (including phenoxy) is 1. The maximum Gasteiger partial charge on any atom is 0.410 e. The number of carbonyl (C=O) groups excluding carboxylic acids is 1. The van der Waals surface area contributed by atoms with E-state index < -0.39 is 18.0 Å². The van der Waals surface area contributed by atoms with E-state index in [1.165, 1.54) is 5.56 Å². The summed E-state index contributed by atoms with van der Waals surface area (Å²) in [4.78, 5) is 29.8. The third-order valence-corrected chi connectivity index (χ3v) is 6.24. The van der Waals surface area contributed by atoms with Crippen LogP contribution in [-0.2, 0) is 22.5 Å². The largest absolute Gasteiger partial charge is 0.481 e. The van der Waals surface area contributed by atoms with Crippen LogP contribution in [-0.4, -0.2) is 44.9 Å². The Balaban J connectivity index is 1.43. The summed E-state index contributed by atoms with van der Waals surface area (Å²) in [7, 11) is 0. The van der Waals surface area contributed by atoms with E-state index in [1.54, 1.807) is 11.8 Å².